The SMILES string of the molecule is O=C(/C=C/c1ccc(Sc2cccc(NC3CCOCC3)c2)c(C(F)(F)F)c1C(F)(F)F)N1CCN(c2ccccn2)CC1. The normalized spacial score (nSPS) is 16.9. The molecule has 5 rings (SSSR count). The standard InChI is InChI=1S/C31H30F6N4O2S/c32-30(33,34)28-21(8-10-27(42)41-16-14-40(15-17-41)26-6-1-2-13-38-26)7-9-25(29(28)31(35,36)37)44-24-5-3-4-23(20-24)39-22-11-18-43-19-12-22/h1-10,13,20,22,39H,11-12,14-19H2/b10-8+. The first-order valence-corrected chi connectivity index (χ1v) is 14.9. The van der Waals surface area contributed by atoms with Gasteiger partial charge >= 0.3 is 12.4 Å². The highest BCUT2D eigenvalue weighted by Gasteiger charge is 2.46. The number of nitrogens with one attached hydrogen (secondary N) is 1. The highest BCUT2D eigenvalue weighted by Crippen LogP contribution is 2.48. The number of piperazine rings is 1. The van der Waals surface area contributed by atoms with E-state index in [9.17, 15) is 31.1 Å². The van der Waals surface area contributed by atoms with E-state index in [1.165, 1.54) is 4.90 Å². The Bertz CT molecular complexity index is 1470. The summed E-state index contributed by atoms with van der Waals surface area (Å²) in [6.07, 6.45) is -5.73. The van der Waals surface area contributed by atoms with Crippen molar-refractivity contribution < 1.29 is 35.9 Å². The first-order valence-electron chi connectivity index (χ1n) is 14.1. The maximum absolute atomic E-state index is 14.3. The number of benzene rings is 2. The predicted molar refractivity (Wildman–Crippen MR) is 157 cm³/mol. The van der Waals surface area contributed by atoms with Crippen molar-refractivity contribution in [1.82, 2.24) is 9.88 Å². The number of hydrogen-bond donors (Lipinski definition) is 1. The summed E-state index contributed by atoms with van der Waals surface area (Å²) in [5, 5.41) is 3.32. The van der Waals surface area contributed by atoms with Crippen molar-refractivity contribution >= 4 is 35.3 Å². The van der Waals surface area contributed by atoms with Crippen LogP contribution in [-0.4, -0.2) is 61.2 Å². The van der Waals surface area contributed by atoms with Crippen LogP contribution in [-0.2, 0) is 21.9 Å². The number of carbonyl (C=O) groups excluding carboxylic acids is 1. The van der Waals surface area contributed by atoms with Crippen LogP contribution in [0.5, 0.6) is 0 Å². The molecule has 2 fully saturated rings. The van der Waals surface area contributed by atoms with Crippen molar-refractivity contribution in [3.8, 4) is 0 Å². The van der Waals surface area contributed by atoms with Gasteiger partial charge in [0.2, 0.25) is 5.91 Å². The van der Waals surface area contributed by atoms with Crippen LogP contribution in [0.2, 0.25) is 0 Å². The van der Waals surface area contributed by atoms with Crippen LogP contribution in [0.3, 0.4) is 0 Å². The molecule has 1 amide bonds. The fourth-order valence-electron chi connectivity index (χ4n) is 5.23. The van der Waals surface area contributed by atoms with Crippen LogP contribution in [0.15, 0.2) is 76.7 Å². The minimum absolute atomic E-state index is 0.130. The third-order valence-electron chi connectivity index (χ3n) is 7.39. The van der Waals surface area contributed by atoms with E-state index in [1.807, 2.05) is 17.0 Å². The molecule has 2 aliphatic heterocycles. The Morgan fingerprint density at radius 1 is 0.909 bits per heavy atom. The molecule has 2 aromatic carbocycles. The van der Waals surface area contributed by atoms with E-state index < -0.39 is 39.8 Å². The van der Waals surface area contributed by atoms with Crippen LogP contribution in [0.25, 0.3) is 6.08 Å². The molecule has 0 atom stereocenters. The number of nitrogens with zero attached hydrogens (tertiary/aromatic N) is 3. The summed E-state index contributed by atoms with van der Waals surface area (Å²) >= 11 is 0.608. The molecule has 0 spiro atoms. The Morgan fingerprint density at radius 3 is 2.30 bits per heavy atom. The van der Waals surface area contributed by atoms with Gasteiger partial charge in [0.15, 0.2) is 0 Å². The molecular formula is C31H30F6N4O2S. The highest BCUT2D eigenvalue weighted by atomic mass is 32.2. The van der Waals surface area contributed by atoms with Gasteiger partial charge in [-0.2, -0.15) is 26.3 Å². The van der Waals surface area contributed by atoms with Gasteiger partial charge in [-0.15, -0.1) is 0 Å². The number of ether oxygens (including phenoxy) is 1. The molecule has 0 bridgehead atoms. The quantitative estimate of drug-likeness (QED) is 0.218. The molecule has 6 nitrogen and oxygen atoms in total. The fraction of sp³-hybridized carbons (Fsp3) is 0.355. The Hall–Kier alpha value is -3.71. The topological polar surface area (TPSA) is 57.7 Å². The first kappa shape index (κ1) is 31.7. The lowest BCUT2D eigenvalue weighted by molar-refractivity contribution is -0.163. The molecule has 1 N–H and O–H groups in total. The number of pyridine rings is 1. The molecule has 0 saturated carbocycles. The van der Waals surface area contributed by atoms with E-state index in [1.54, 1.807) is 36.5 Å². The lowest BCUT2D eigenvalue weighted by atomic mass is 9.99. The van der Waals surface area contributed by atoms with Crippen LogP contribution >= 0.6 is 11.8 Å². The maximum atomic E-state index is 14.3. The molecule has 2 aliphatic rings. The molecule has 13 heteroatoms. The highest BCUT2D eigenvalue weighted by molar-refractivity contribution is 7.99. The van der Waals surface area contributed by atoms with E-state index in [4.69, 9.17) is 4.74 Å². The molecular weight excluding hydrogens is 606 g/mol. The van der Waals surface area contributed by atoms with Gasteiger partial charge in [-0.25, -0.2) is 4.98 Å². The minimum atomic E-state index is -5.33. The average molecular weight is 637 g/mol. The van der Waals surface area contributed by atoms with Crippen molar-refractivity contribution in [2.75, 3.05) is 49.6 Å². The third kappa shape index (κ3) is 7.86. The predicted octanol–water partition coefficient (Wildman–Crippen LogP) is 7.22. The summed E-state index contributed by atoms with van der Waals surface area (Å²) in [5.41, 5.74) is -3.68. The fourth-order valence-corrected chi connectivity index (χ4v) is 6.27. The third-order valence-corrected chi connectivity index (χ3v) is 8.44. The molecule has 0 unspecified atom stereocenters. The molecule has 2 saturated heterocycles. The lowest BCUT2D eigenvalue weighted by Gasteiger charge is -2.34. The summed E-state index contributed by atoms with van der Waals surface area (Å²) in [6, 6.07) is 14.1. The van der Waals surface area contributed by atoms with Gasteiger partial charge in [-0.05, 0) is 60.9 Å². The second-order valence-corrected chi connectivity index (χ2v) is 11.5. The van der Waals surface area contributed by atoms with E-state index in [-0.39, 0.29) is 19.1 Å². The Labute approximate surface area is 255 Å². The van der Waals surface area contributed by atoms with Gasteiger partial charge < -0.3 is 19.9 Å². The number of halogens is 6. The molecule has 3 aromatic rings. The number of anilines is 2. The Kier molecular flexibility index (Phi) is 9.74. The number of hydrogen-bond acceptors (Lipinski definition) is 6. The second kappa shape index (κ2) is 13.5. The number of alkyl halides is 6. The second-order valence-electron chi connectivity index (χ2n) is 10.4. The van der Waals surface area contributed by atoms with E-state index in [0.717, 1.165) is 42.9 Å². The molecule has 44 heavy (non-hydrogen) atoms. The molecule has 1 aromatic heterocycles. The molecule has 234 valence electrons. The molecule has 0 radical (unpaired) electrons. The number of rotatable bonds is 7. The van der Waals surface area contributed by atoms with Gasteiger partial charge in [0.05, 0.1) is 11.1 Å². The summed E-state index contributed by atoms with van der Waals surface area (Å²) in [4.78, 5) is 20.3. The smallest absolute Gasteiger partial charge is 0.382 e. The summed E-state index contributed by atoms with van der Waals surface area (Å²) in [5.74, 6) is 0.157. The average Bonchev–Trinajstić information content (AvgIpc) is 3.00. The number of amides is 1. The number of aromatic nitrogens is 1. The summed E-state index contributed by atoms with van der Waals surface area (Å²) in [7, 11) is 0. The maximum Gasteiger partial charge on any atom is 0.418 e. The van der Waals surface area contributed by atoms with Gasteiger partial charge in [0.1, 0.15) is 5.82 Å². The summed E-state index contributed by atoms with van der Waals surface area (Å²) < 4.78 is 91.2. The van der Waals surface area contributed by atoms with Crippen LogP contribution in [0.4, 0.5) is 37.8 Å². The first-order chi connectivity index (χ1) is 21.0. The van der Waals surface area contributed by atoms with E-state index in [2.05, 4.69) is 10.3 Å². The summed E-state index contributed by atoms with van der Waals surface area (Å²) in [6.45, 7) is 2.68. The van der Waals surface area contributed by atoms with Crippen LogP contribution in [0.1, 0.15) is 29.5 Å². The van der Waals surface area contributed by atoms with Crippen LogP contribution < -0.4 is 10.2 Å². The van der Waals surface area contributed by atoms with Crippen LogP contribution in [0, 0.1) is 0 Å². The minimum Gasteiger partial charge on any atom is -0.382 e. The lowest BCUT2D eigenvalue weighted by Crippen LogP contribution is -2.48. The van der Waals surface area contributed by atoms with Crippen molar-refractivity contribution in [2.24, 2.45) is 0 Å². The van der Waals surface area contributed by atoms with E-state index in [0.29, 0.717) is 48.6 Å². The van der Waals surface area contributed by atoms with Crippen molar-refractivity contribution in [2.45, 2.75) is 41.0 Å². The Balaban J connectivity index is 1.37. The zero-order valence-electron chi connectivity index (χ0n) is 23.5. The molecule has 0 aliphatic carbocycles. The zero-order valence-corrected chi connectivity index (χ0v) is 24.3. The van der Waals surface area contributed by atoms with Crippen molar-refractivity contribution in [1.29, 1.82) is 0 Å². The van der Waals surface area contributed by atoms with Crippen molar-refractivity contribution in [3.05, 3.63) is 83.6 Å². The van der Waals surface area contributed by atoms with Gasteiger partial charge in [-0.3, -0.25) is 4.79 Å². The Morgan fingerprint density at radius 2 is 1.64 bits per heavy atom. The monoisotopic (exact) mass is 636 g/mol. The number of carbonyl (C=O) groups is 1. The van der Waals surface area contributed by atoms with Gasteiger partial charge in [0, 0.05) is 73.2 Å². The van der Waals surface area contributed by atoms with Gasteiger partial charge in [0.25, 0.3) is 0 Å². The molecule has 3 heterocycles. The zero-order chi connectivity index (χ0) is 31.3. The van der Waals surface area contributed by atoms with Crippen molar-refractivity contribution in [3.63, 3.8) is 0 Å². The van der Waals surface area contributed by atoms with E-state index >= 15 is 0 Å². The van der Waals surface area contributed by atoms with Gasteiger partial charge in [-0.1, -0.05) is 30.0 Å². The largest absolute Gasteiger partial charge is 0.418 e.